The molecule has 0 aliphatic rings. The van der Waals surface area contributed by atoms with Gasteiger partial charge in [0.2, 0.25) is 26.6 Å². The average Bonchev–Trinajstić information content (AvgIpc) is 3.42. The maximum Gasteiger partial charge on any atom is 0.233 e. The van der Waals surface area contributed by atoms with Crippen LogP contribution in [-0.2, 0) is 16.4 Å². The minimum Gasteiger partial charge on any atom is -0.419 e. The van der Waals surface area contributed by atoms with E-state index in [-0.39, 0.29) is 27.3 Å². The Morgan fingerprint density at radius 3 is 2.61 bits per heavy atom. The number of imidazole rings is 1. The topological polar surface area (TPSA) is 90.0 Å². The molecule has 0 unspecified atom stereocenters. The van der Waals surface area contributed by atoms with Crippen LogP contribution in [-0.4, -0.2) is 29.5 Å². The van der Waals surface area contributed by atoms with Gasteiger partial charge in [-0.05, 0) is 42.8 Å². The van der Waals surface area contributed by atoms with E-state index >= 15 is 0 Å². The van der Waals surface area contributed by atoms with Crippen molar-refractivity contribution in [1.82, 2.24) is 14.5 Å². The molecule has 4 rings (SSSR count). The minimum absolute atomic E-state index is 0.0215. The van der Waals surface area contributed by atoms with Crippen molar-refractivity contribution in [1.29, 1.82) is 0 Å². The van der Waals surface area contributed by atoms with E-state index in [9.17, 15) is 12.8 Å². The first-order valence-corrected chi connectivity index (χ1v) is 11.7. The number of hydrogen-bond donors (Lipinski definition) is 1. The molecule has 0 spiro atoms. The fraction of sp³-hybridized carbons (Fsp3) is 0.143. The van der Waals surface area contributed by atoms with Crippen LogP contribution in [0.4, 0.5) is 10.3 Å². The second-order valence-corrected chi connectivity index (χ2v) is 9.45. The van der Waals surface area contributed by atoms with Gasteiger partial charge in [-0.15, -0.1) is 0 Å². The van der Waals surface area contributed by atoms with Crippen LogP contribution in [0.3, 0.4) is 0 Å². The van der Waals surface area contributed by atoms with E-state index in [0.717, 1.165) is 4.47 Å². The molecule has 160 valence electrons. The van der Waals surface area contributed by atoms with Crippen LogP contribution in [0.15, 0.2) is 86.1 Å². The number of halogens is 2. The molecule has 0 atom stereocenters. The molecule has 2 aromatic heterocycles. The fourth-order valence-electron chi connectivity index (χ4n) is 2.96. The molecule has 2 aromatic carbocycles. The first kappa shape index (κ1) is 21.3. The van der Waals surface area contributed by atoms with Crippen LogP contribution in [0, 0.1) is 5.82 Å². The Labute approximate surface area is 187 Å². The third kappa shape index (κ3) is 4.70. The molecule has 0 saturated heterocycles. The Morgan fingerprint density at radius 1 is 1.13 bits per heavy atom. The van der Waals surface area contributed by atoms with Crippen molar-refractivity contribution >= 4 is 31.7 Å². The Morgan fingerprint density at radius 2 is 1.90 bits per heavy atom. The summed E-state index contributed by atoms with van der Waals surface area (Å²) in [7, 11) is -3.99. The van der Waals surface area contributed by atoms with E-state index in [4.69, 9.17) is 4.42 Å². The number of hydrogen-bond acceptors (Lipinski definition) is 6. The molecule has 10 heteroatoms. The molecule has 4 aromatic rings. The van der Waals surface area contributed by atoms with Gasteiger partial charge in [-0.2, -0.15) is 4.98 Å². The summed E-state index contributed by atoms with van der Waals surface area (Å²) in [5, 5.41) is 2.72. The smallest absolute Gasteiger partial charge is 0.233 e. The van der Waals surface area contributed by atoms with Crippen LogP contribution < -0.4 is 5.32 Å². The van der Waals surface area contributed by atoms with Gasteiger partial charge in [0, 0.05) is 30.0 Å². The zero-order valence-electron chi connectivity index (χ0n) is 16.2. The predicted octanol–water partition coefficient (Wildman–Crippen LogP) is 4.77. The van der Waals surface area contributed by atoms with Crippen molar-refractivity contribution in [3.63, 3.8) is 0 Å². The lowest BCUT2D eigenvalue weighted by atomic mass is 10.2. The number of sulfone groups is 1. The van der Waals surface area contributed by atoms with E-state index in [0.29, 0.717) is 19.5 Å². The van der Waals surface area contributed by atoms with E-state index < -0.39 is 15.7 Å². The lowest BCUT2D eigenvalue weighted by Crippen LogP contribution is -2.10. The minimum atomic E-state index is -3.99. The van der Waals surface area contributed by atoms with Crippen LogP contribution in [0.5, 0.6) is 0 Å². The van der Waals surface area contributed by atoms with E-state index in [1.165, 1.54) is 30.3 Å². The summed E-state index contributed by atoms with van der Waals surface area (Å²) in [4.78, 5) is 8.20. The molecule has 0 saturated carbocycles. The molecule has 0 aliphatic carbocycles. The number of aromatic nitrogens is 3. The number of nitrogens with one attached hydrogen (secondary N) is 1. The second kappa shape index (κ2) is 9.03. The molecule has 2 heterocycles. The zero-order valence-corrected chi connectivity index (χ0v) is 18.6. The number of nitrogens with zero attached hydrogens (tertiary/aromatic N) is 3. The highest BCUT2D eigenvalue weighted by molar-refractivity contribution is 9.10. The maximum atomic E-state index is 14.3. The van der Waals surface area contributed by atoms with Crippen LogP contribution in [0.1, 0.15) is 6.42 Å². The highest BCUT2D eigenvalue weighted by Crippen LogP contribution is 2.33. The lowest BCUT2D eigenvalue weighted by Gasteiger charge is -2.07. The molecule has 7 nitrogen and oxygen atoms in total. The molecule has 31 heavy (non-hydrogen) atoms. The summed E-state index contributed by atoms with van der Waals surface area (Å²) in [6, 6.07) is 12.1. The molecule has 0 amide bonds. The Bertz CT molecular complexity index is 1270. The molecular formula is C21H18BrFN4O3S. The van der Waals surface area contributed by atoms with Gasteiger partial charge in [0.1, 0.15) is 5.82 Å². The average molecular weight is 505 g/mol. The van der Waals surface area contributed by atoms with Crippen molar-refractivity contribution in [3.05, 3.63) is 77.5 Å². The third-order valence-electron chi connectivity index (χ3n) is 4.52. The van der Waals surface area contributed by atoms with Gasteiger partial charge in [-0.1, -0.05) is 28.1 Å². The van der Waals surface area contributed by atoms with Gasteiger partial charge in [-0.25, -0.2) is 17.8 Å². The van der Waals surface area contributed by atoms with Gasteiger partial charge in [0.25, 0.3) is 0 Å². The van der Waals surface area contributed by atoms with Gasteiger partial charge >= 0.3 is 0 Å². The summed E-state index contributed by atoms with van der Waals surface area (Å²) in [5.41, 5.74) is 0.0845. The van der Waals surface area contributed by atoms with Crippen LogP contribution in [0.25, 0.3) is 11.5 Å². The van der Waals surface area contributed by atoms with Crippen LogP contribution >= 0.6 is 15.9 Å². The van der Waals surface area contributed by atoms with Gasteiger partial charge < -0.3 is 14.3 Å². The van der Waals surface area contributed by atoms with Crippen molar-refractivity contribution in [3.8, 4) is 11.5 Å². The largest absolute Gasteiger partial charge is 0.419 e. The van der Waals surface area contributed by atoms with Crippen molar-refractivity contribution in [2.75, 3.05) is 11.9 Å². The molecule has 0 radical (unpaired) electrons. The second-order valence-electron chi connectivity index (χ2n) is 6.67. The normalized spacial score (nSPS) is 11.5. The zero-order chi connectivity index (χ0) is 21.8. The van der Waals surface area contributed by atoms with Crippen molar-refractivity contribution in [2.45, 2.75) is 22.9 Å². The fourth-order valence-corrected chi connectivity index (χ4v) is 4.50. The van der Waals surface area contributed by atoms with Crippen molar-refractivity contribution in [2.24, 2.45) is 0 Å². The molecular weight excluding hydrogens is 487 g/mol. The van der Waals surface area contributed by atoms with E-state index in [2.05, 4.69) is 31.2 Å². The highest BCUT2D eigenvalue weighted by atomic mass is 79.9. The number of anilines is 1. The summed E-state index contributed by atoms with van der Waals surface area (Å²) in [6.45, 7) is 1.11. The Kier molecular flexibility index (Phi) is 6.19. The molecule has 1 N–H and O–H groups in total. The lowest BCUT2D eigenvalue weighted by molar-refractivity contribution is 0.563. The monoisotopic (exact) mass is 504 g/mol. The number of benzene rings is 2. The molecule has 0 bridgehead atoms. The maximum absolute atomic E-state index is 14.3. The highest BCUT2D eigenvalue weighted by Gasteiger charge is 2.29. The van der Waals surface area contributed by atoms with Crippen LogP contribution in [0.2, 0.25) is 0 Å². The van der Waals surface area contributed by atoms with Gasteiger partial charge in [0.15, 0.2) is 0 Å². The molecule has 0 fully saturated rings. The van der Waals surface area contributed by atoms with Crippen molar-refractivity contribution < 1.29 is 17.2 Å². The summed E-state index contributed by atoms with van der Waals surface area (Å²) in [5.74, 6) is -0.680. The summed E-state index contributed by atoms with van der Waals surface area (Å²) in [6.07, 6.45) is 5.92. The number of oxazole rings is 1. The van der Waals surface area contributed by atoms with Gasteiger partial charge in [0.05, 0.1) is 16.8 Å². The number of aryl methyl sites for hydroxylation is 1. The first-order valence-electron chi connectivity index (χ1n) is 9.41. The predicted molar refractivity (Wildman–Crippen MR) is 117 cm³/mol. The summed E-state index contributed by atoms with van der Waals surface area (Å²) < 4.78 is 49.1. The number of rotatable bonds is 8. The quantitative estimate of drug-likeness (QED) is 0.347. The standard InChI is InChI=1S/C21H18BrFN4O3S/c22-15-6-8-16(9-7-15)31(28,29)21-20(25-10-3-12-27-13-11-24-14-27)30-19(26-21)17-4-1-2-5-18(17)23/h1-2,4-9,11,13-14,25H,3,10,12H2. The van der Waals surface area contributed by atoms with E-state index in [1.807, 2.05) is 10.8 Å². The Balaban J connectivity index is 1.66. The van der Waals surface area contributed by atoms with Gasteiger partial charge in [-0.3, -0.25) is 0 Å². The first-order chi connectivity index (χ1) is 14.9. The third-order valence-corrected chi connectivity index (χ3v) is 6.72. The van der Waals surface area contributed by atoms with E-state index in [1.54, 1.807) is 30.7 Å². The SMILES string of the molecule is O=S(=O)(c1ccc(Br)cc1)c1nc(-c2ccccc2F)oc1NCCCn1ccnc1. The summed E-state index contributed by atoms with van der Waals surface area (Å²) >= 11 is 3.29. The Hall–Kier alpha value is -2.98. The molecule has 0 aliphatic heterocycles.